The van der Waals surface area contributed by atoms with Crippen LogP contribution in [0.2, 0.25) is 19.6 Å². The summed E-state index contributed by atoms with van der Waals surface area (Å²) < 4.78 is 20.5. The standard InChI is InChI=1S/C13H15BrFNOSi/c1-18(2,3)17-13(8-16)7-6-9-10(13)4-5-11(14)12(9)15/h4-5H,6-7H2,1-3H3. The highest BCUT2D eigenvalue weighted by atomic mass is 79.9. The molecule has 0 spiro atoms. The first-order chi connectivity index (χ1) is 8.29. The normalized spacial score (nSPS) is 22.7. The minimum Gasteiger partial charge on any atom is -0.396 e. The third-order valence-corrected chi connectivity index (χ3v) is 4.59. The zero-order valence-electron chi connectivity index (χ0n) is 10.7. The Balaban J connectivity index is 2.53. The van der Waals surface area contributed by atoms with E-state index in [1.807, 2.05) is 19.6 Å². The molecule has 0 heterocycles. The van der Waals surface area contributed by atoms with E-state index in [1.165, 1.54) is 0 Å². The molecule has 0 amide bonds. The second-order valence-electron chi connectivity index (χ2n) is 5.54. The average Bonchev–Trinajstić information content (AvgIpc) is 2.62. The molecule has 0 radical (unpaired) electrons. The highest BCUT2D eigenvalue weighted by Crippen LogP contribution is 2.43. The summed E-state index contributed by atoms with van der Waals surface area (Å²) in [5.74, 6) is -0.260. The Morgan fingerprint density at radius 2 is 2.11 bits per heavy atom. The van der Waals surface area contributed by atoms with E-state index in [-0.39, 0.29) is 5.82 Å². The van der Waals surface area contributed by atoms with Crippen molar-refractivity contribution >= 4 is 24.2 Å². The van der Waals surface area contributed by atoms with Gasteiger partial charge >= 0.3 is 0 Å². The van der Waals surface area contributed by atoms with Crippen LogP contribution in [0.5, 0.6) is 0 Å². The molecule has 1 unspecified atom stereocenters. The fourth-order valence-electron chi connectivity index (χ4n) is 2.42. The maximum atomic E-state index is 14.0. The Morgan fingerprint density at radius 1 is 1.44 bits per heavy atom. The fourth-order valence-corrected chi connectivity index (χ4v) is 4.09. The predicted molar refractivity (Wildman–Crippen MR) is 74.1 cm³/mol. The van der Waals surface area contributed by atoms with Crippen LogP contribution < -0.4 is 0 Å². The largest absolute Gasteiger partial charge is 0.396 e. The zero-order chi connectivity index (χ0) is 13.6. The van der Waals surface area contributed by atoms with E-state index in [0.717, 1.165) is 0 Å². The van der Waals surface area contributed by atoms with Crippen molar-refractivity contribution in [1.82, 2.24) is 0 Å². The number of nitrogens with zero attached hydrogens (tertiary/aromatic N) is 1. The maximum Gasteiger partial charge on any atom is 0.186 e. The Bertz CT molecular complexity index is 535. The third kappa shape index (κ3) is 2.25. The van der Waals surface area contributed by atoms with Crippen molar-refractivity contribution in [3.8, 4) is 6.07 Å². The van der Waals surface area contributed by atoms with Gasteiger partial charge in [0, 0.05) is 5.56 Å². The molecule has 0 fully saturated rings. The van der Waals surface area contributed by atoms with Crippen LogP contribution in [-0.4, -0.2) is 8.32 Å². The number of rotatable bonds is 2. The van der Waals surface area contributed by atoms with Crippen LogP contribution >= 0.6 is 15.9 Å². The quantitative estimate of drug-likeness (QED) is 0.766. The van der Waals surface area contributed by atoms with Crippen LogP contribution in [0, 0.1) is 17.1 Å². The molecule has 0 saturated carbocycles. The van der Waals surface area contributed by atoms with Crippen LogP contribution in [0.1, 0.15) is 17.5 Å². The van der Waals surface area contributed by atoms with Crippen LogP contribution in [0.25, 0.3) is 0 Å². The molecule has 18 heavy (non-hydrogen) atoms. The molecule has 0 bridgehead atoms. The fraction of sp³-hybridized carbons (Fsp3) is 0.462. The molecule has 0 aromatic heterocycles. The lowest BCUT2D eigenvalue weighted by Gasteiger charge is -2.31. The van der Waals surface area contributed by atoms with E-state index < -0.39 is 13.9 Å². The van der Waals surface area contributed by atoms with Gasteiger partial charge < -0.3 is 4.43 Å². The average molecular weight is 328 g/mol. The van der Waals surface area contributed by atoms with Gasteiger partial charge in [-0.2, -0.15) is 5.26 Å². The van der Waals surface area contributed by atoms with Gasteiger partial charge in [0.05, 0.1) is 4.47 Å². The highest BCUT2D eigenvalue weighted by Gasteiger charge is 2.44. The minimum atomic E-state index is -1.87. The summed E-state index contributed by atoms with van der Waals surface area (Å²) >= 11 is 3.18. The second kappa shape index (κ2) is 4.44. The van der Waals surface area contributed by atoms with Gasteiger partial charge in [-0.25, -0.2) is 4.39 Å². The molecule has 2 rings (SSSR count). The lowest BCUT2D eigenvalue weighted by molar-refractivity contribution is 0.121. The number of halogens is 2. The molecular formula is C13H15BrFNOSi. The molecule has 1 aliphatic rings. The molecule has 1 aromatic carbocycles. The van der Waals surface area contributed by atoms with Crippen molar-refractivity contribution in [3.05, 3.63) is 33.5 Å². The topological polar surface area (TPSA) is 33.0 Å². The summed E-state index contributed by atoms with van der Waals surface area (Å²) in [5.41, 5.74) is 0.360. The first-order valence-corrected chi connectivity index (χ1v) is 10.1. The SMILES string of the molecule is C[Si](C)(C)OC1(C#N)CCc2c1ccc(Br)c2F. The Kier molecular flexibility index (Phi) is 3.39. The monoisotopic (exact) mass is 327 g/mol. The number of hydrogen-bond acceptors (Lipinski definition) is 2. The molecule has 1 atom stereocenters. The first-order valence-electron chi connectivity index (χ1n) is 5.88. The zero-order valence-corrected chi connectivity index (χ0v) is 13.3. The Morgan fingerprint density at radius 3 is 2.67 bits per heavy atom. The van der Waals surface area contributed by atoms with Crippen molar-refractivity contribution in [2.45, 2.75) is 38.1 Å². The lowest BCUT2D eigenvalue weighted by Crippen LogP contribution is -2.38. The van der Waals surface area contributed by atoms with E-state index in [2.05, 4.69) is 22.0 Å². The molecule has 1 aromatic rings. The number of hydrogen-bond donors (Lipinski definition) is 0. The second-order valence-corrected chi connectivity index (χ2v) is 10.8. The molecule has 2 nitrogen and oxygen atoms in total. The van der Waals surface area contributed by atoms with E-state index in [4.69, 9.17) is 4.43 Å². The van der Waals surface area contributed by atoms with Crippen molar-refractivity contribution in [2.75, 3.05) is 0 Å². The smallest absolute Gasteiger partial charge is 0.186 e. The van der Waals surface area contributed by atoms with Crippen molar-refractivity contribution in [2.24, 2.45) is 0 Å². The van der Waals surface area contributed by atoms with Gasteiger partial charge in [0.15, 0.2) is 13.9 Å². The first kappa shape index (κ1) is 13.7. The van der Waals surface area contributed by atoms with Gasteiger partial charge in [0.2, 0.25) is 0 Å². The summed E-state index contributed by atoms with van der Waals surface area (Å²) in [6, 6.07) is 5.72. The molecule has 5 heteroatoms. The van der Waals surface area contributed by atoms with Gasteiger partial charge in [0.25, 0.3) is 0 Å². The van der Waals surface area contributed by atoms with Crippen LogP contribution in [0.4, 0.5) is 4.39 Å². The molecule has 1 aliphatic carbocycles. The summed E-state index contributed by atoms with van der Waals surface area (Å²) in [5, 5.41) is 9.50. The van der Waals surface area contributed by atoms with E-state index >= 15 is 0 Å². The summed E-state index contributed by atoms with van der Waals surface area (Å²) in [6.45, 7) is 6.12. The summed E-state index contributed by atoms with van der Waals surface area (Å²) in [6.07, 6.45) is 1.09. The van der Waals surface area contributed by atoms with Gasteiger partial charge in [-0.15, -0.1) is 0 Å². The van der Waals surface area contributed by atoms with Crippen LogP contribution in [-0.2, 0) is 16.4 Å². The minimum absolute atomic E-state index is 0.260. The van der Waals surface area contributed by atoms with Gasteiger partial charge in [-0.3, -0.25) is 0 Å². The summed E-state index contributed by atoms with van der Waals surface area (Å²) in [4.78, 5) is 0. The Hall–Kier alpha value is -0.703. The van der Waals surface area contributed by atoms with Crippen LogP contribution in [0.3, 0.4) is 0 Å². The van der Waals surface area contributed by atoms with Crippen LogP contribution in [0.15, 0.2) is 16.6 Å². The number of benzene rings is 1. The molecular weight excluding hydrogens is 313 g/mol. The van der Waals surface area contributed by atoms with E-state index in [9.17, 15) is 9.65 Å². The van der Waals surface area contributed by atoms with Crippen molar-refractivity contribution in [1.29, 1.82) is 5.26 Å². The predicted octanol–water partition coefficient (Wildman–Crippen LogP) is 4.10. The van der Waals surface area contributed by atoms with Gasteiger partial charge in [0.1, 0.15) is 11.9 Å². The summed E-state index contributed by atoms with van der Waals surface area (Å²) in [7, 11) is -1.87. The molecule has 0 saturated heterocycles. The molecule has 0 N–H and O–H groups in total. The Labute approximate surface area is 116 Å². The number of fused-ring (bicyclic) bond motifs is 1. The highest BCUT2D eigenvalue weighted by molar-refractivity contribution is 9.10. The number of nitriles is 1. The molecule has 96 valence electrons. The molecule has 0 aliphatic heterocycles. The van der Waals surface area contributed by atoms with E-state index in [0.29, 0.717) is 28.4 Å². The lowest BCUT2D eigenvalue weighted by atomic mass is 9.98. The third-order valence-electron chi connectivity index (χ3n) is 3.02. The maximum absolute atomic E-state index is 14.0. The van der Waals surface area contributed by atoms with Gasteiger partial charge in [-0.05, 0) is 60.0 Å². The van der Waals surface area contributed by atoms with Crippen molar-refractivity contribution in [3.63, 3.8) is 0 Å². The van der Waals surface area contributed by atoms with E-state index in [1.54, 1.807) is 12.1 Å². The van der Waals surface area contributed by atoms with Gasteiger partial charge in [-0.1, -0.05) is 6.07 Å². The van der Waals surface area contributed by atoms with Crippen molar-refractivity contribution < 1.29 is 8.82 Å².